The van der Waals surface area contributed by atoms with Crippen LogP contribution in [0.25, 0.3) is 0 Å². The molecule has 140 valence electrons. The molecule has 2 aromatic carbocycles. The lowest BCUT2D eigenvalue weighted by Gasteiger charge is -2.30. The minimum atomic E-state index is -3.60. The molecule has 0 aliphatic heterocycles. The van der Waals surface area contributed by atoms with E-state index in [-0.39, 0.29) is 5.91 Å². The van der Waals surface area contributed by atoms with E-state index >= 15 is 0 Å². The molecule has 1 amide bonds. The minimum absolute atomic E-state index is 0.282. The van der Waals surface area contributed by atoms with Crippen molar-refractivity contribution < 1.29 is 13.2 Å². The first-order valence-corrected chi connectivity index (χ1v) is 10.6. The maximum absolute atomic E-state index is 12.7. The normalized spacial score (nSPS) is 12.4. The van der Waals surface area contributed by atoms with E-state index in [9.17, 15) is 13.2 Å². The van der Waals surface area contributed by atoms with Crippen LogP contribution in [-0.2, 0) is 21.2 Å². The molecule has 0 saturated carbocycles. The maximum atomic E-state index is 12.7. The van der Waals surface area contributed by atoms with Crippen molar-refractivity contribution in [2.75, 3.05) is 17.1 Å². The molecule has 0 bridgehead atoms. The predicted molar refractivity (Wildman–Crippen MR) is 106 cm³/mol. The van der Waals surface area contributed by atoms with E-state index in [4.69, 9.17) is 0 Å². The average Bonchev–Trinajstić information content (AvgIpc) is 2.59. The molecular formula is C20H26N2O3S. The van der Waals surface area contributed by atoms with Crippen LogP contribution in [0.15, 0.2) is 54.6 Å². The van der Waals surface area contributed by atoms with Crippen LogP contribution in [0.4, 0.5) is 5.69 Å². The Labute approximate surface area is 156 Å². The highest BCUT2D eigenvalue weighted by atomic mass is 32.2. The average molecular weight is 375 g/mol. The highest BCUT2D eigenvalue weighted by molar-refractivity contribution is 7.92. The van der Waals surface area contributed by atoms with Gasteiger partial charge in [-0.15, -0.1) is 0 Å². The molecule has 6 heteroatoms. The molecule has 1 unspecified atom stereocenters. The topological polar surface area (TPSA) is 66.5 Å². The first-order chi connectivity index (χ1) is 12.3. The number of aryl methyl sites for hydroxylation is 1. The van der Waals surface area contributed by atoms with E-state index in [1.165, 1.54) is 4.31 Å². The van der Waals surface area contributed by atoms with Crippen LogP contribution >= 0.6 is 0 Å². The van der Waals surface area contributed by atoms with Gasteiger partial charge in [-0.2, -0.15) is 0 Å². The van der Waals surface area contributed by atoms with Crippen molar-refractivity contribution in [2.24, 2.45) is 0 Å². The van der Waals surface area contributed by atoms with Gasteiger partial charge >= 0.3 is 0 Å². The third-order valence-corrected chi connectivity index (χ3v) is 5.32. The Morgan fingerprint density at radius 3 is 2.38 bits per heavy atom. The van der Waals surface area contributed by atoms with Crippen LogP contribution < -0.4 is 9.62 Å². The van der Waals surface area contributed by atoms with E-state index in [1.54, 1.807) is 18.2 Å². The Kier molecular flexibility index (Phi) is 6.80. The van der Waals surface area contributed by atoms with Gasteiger partial charge in [0.25, 0.3) is 0 Å². The summed E-state index contributed by atoms with van der Waals surface area (Å²) in [4.78, 5) is 12.7. The molecule has 0 saturated heterocycles. The Morgan fingerprint density at radius 2 is 1.81 bits per heavy atom. The molecule has 0 spiro atoms. The molecular weight excluding hydrogens is 348 g/mol. The molecule has 1 N–H and O–H groups in total. The van der Waals surface area contributed by atoms with Gasteiger partial charge in [-0.25, -0.2) is 8.42 Å². The molecule has 0 radical (unpaired) electrons. The third kappa shape index (κ3) is 5.33. The zero-order chi connectivity index (χ0) is 19.2. The van der Waals surface area contributed by atoms with Crippen LogP contribution in [0.1, 0.15) is 24.5 Å². The summed E-state index contributed by atoms with van der Waals surface area (Å²) < 4.78 is 26.0. The van der Waals surface area contributed by atoms with Gasteiger partial charge in [0.2, 0.25) is 15.9 Å². The highest BCUT2D eigenvalue weighted by Gasteiger charge is 2.31. The number of hydrogen-bond acceptors (Lipinski definition) is 3. The molecule has 0 aliphatic rings. The number of nitrogens with one attached hydrogen (secondary N) is 1. The van der Waals surface area contributed by atoms with Gasteiger partial charge in [-0.1, -0.05) is 49.4 Å². The van der Waals surface area contributed by atoms with Crippen LogP contribution in [0, 0.1) is 6.92 Å². The molecule has 26 heavy (non-hydrogen) atoms. The first kappa shape index (κ1) is 20.0. The number of anilines is 1. The van der Waals surface area contributed by atoms with Gasteiger partial charge in [-0.05, 0) is 43.0 Å². The summed E-state index contributed by atoms with van der Waals surface area (Å²) in [5, 5.41) is 2.87. The summed E-state index contributed by atoms with van der Waals surface area (Å²) in [6.45, 7) is 4.17. The zero-order valence-corrected chi connectivity index (χ0v) is 16.3. The Bertz CT molecular complexity index is 835. The number of sulfonamides is 1. The van der Waals surface area contributed by atoms with Gasteiger partial charge in [0.1, 0.15) is 6.04 Å². The van der Waals surface area contributed by atoms with Crippen molar-refractivity contribution >= 4 is 21.6 Å². The molecule has 2 aromatic rings. The Hall–Kier alpha value is -2.34. The number of carbonyl (C=O) groups is 1. The summed E-state index contributed by atoms with van der Waals surface area (Å²) in [5.41, 5.74) is 2.58. The second-order valence-corrected chi connectivity index (χ2v) is 8.21. The highest BCUT2D eigenvalue weighted by Crippen LogP contribution is 2.23. The lowest BCUT2D eigenvalue weighted by atomic mass is 10.1. The lowest BCUT2D eigenvalue weighted by molar-refractivity contribution is -0.122. The minimum Gasteiger partial charge on any atom is -0.354 e. The van der Waals surface area contributed by atoms with Gasteiger partial charge in [0.15, 0.2) is 0 Å². The molecule has 0 aliphatic carbocycles. The summed E-state index contributed by atoms with van der Waals surface area (Å²) in [6, 6.07) is 16.3. The van der Waals surface area contributed by atoms with Crippen molar-refractivity contribution in [3.05, 3.63) is 65.7 Å². The number of benzene rings is 2. The quantitative estimate of drug-likeness (QED) is 0.773. The van der Waals surface area contributed by atoms with Gasteiger partial charge in [-0.3, -0.25) is 9.10 Å². The van der Waals surface area contributed by atoms with E-state index in [2.05, 4.69) is 5.32 Å². The lowest BCUT2D eigenvalue weighted by Crippen LogP contribution is -2.49. The van der Waals surface area contributed by atoms with Gasteiger partial charge < -0.3 is 5.32 Å². The van der Waals surface area contributed by atoms with Crippen LogP contribution in [0.3, 0.4) is 0 Å². The molecule has 0 fully saturated rings. The number of carbonyl (C=O) groups excluding carboxylic acids is 1. The van der Waals surface area contributed by atoms with Crippen molar-refractivity contribution in [2.45, 2.75) is 32.7 Å². The summed E-state index contributed by atoms with van der Waals surface area (Å²) in [5.74, 6) is -0.282. The van der Waals surface area contributed by atoms with Crippen LogP contribution in [0.5, 0.6) is 0 Å². The second-order valence-electron chi connectivity index (χ2n) is 6.35. The fourth-order valence-corrected chi connectivity index (χ4v) is 4.12. The van der Waals surface area contributed by atoms with E-state index in [0.717, 1.165) is 17.4 Å². The molecule has 0 aromatic heterocycles. The van der Waals surface area contributed by atoms with Gasteiger partial charge in [0, 0.05) is 6.54 Å². The smallest absolute Gasteiger partial charge is 0.243 e. The number of nitrogens with zero attached hydrogens (tertiary/aromatic N) is 1. The summed E-state index contributed by atoms with van der Waals surface area (Å²) in [6.07, 6.45) is 2.22. The molecule has 5 nitrogen and oxygen atoms in total. The Balaban J connectivity index is 2.15. The van der Waals surface area contributed by atoms with Crippen molar-refractivity contribution in [3.63, 3.8) is 0 Å². The fraction of sp³-hybridized carbons (Fsp3) is 0.350. The van der Waals surface area contributed by atoms with E-state index < -0.39 is 16.1 Å². The monoisotopic (exact) mass is 374 g/mol. The van der Waals surface area contributed by atoms with Crippen LogP contribution in [0.2, 0.25) is 0 Å². The zero-order valence-electron chi connectivity index (χ0n) is 15.5. The van der Waals surface area contributed by atoms with Crippen molar-refractivity contribution in [1.29, 1.82) is 0 Å². The third-order valence-electron chi connectivity index (χ3n) is 4.14. The van der Waals surface area contributed by atoms with E-state index in [1.807, 2.05) is 50.2 Å². The summed E-state index contributed by atoms with van der Waals surface area (Å²) >= 11 is 0. The summed E-state index contributed by atoms with van der Waals surface area (Å²) in [7, 11) is -3.60. The first-order valence-electron chi connectivity index (χ1n) is 8.70. The number of amides is 1. The van der Waals surface area contributed by atoms with Gasteiger partial charge in [0.05, 0.1) is 11.9 Å². The predicted octanol–water partition coefficient (Wildman–Crippen LogP) is 2.90. The number of rotatable bonds is 8. The standard InChI is InChI=1S/C20H26N2O3S/c1-4-19(20(23)21-14-13-17-10-6-5-7-11-17)22(26(3,24)25)18-12-8-9-16(2)15-18/h5-12,15,19H,4,13-14H2,1-3H3,(H,21,23). The number of hydrogen-bond donors (Lipinski definition) is 1. The fourth-order valence-electron chi connectivity index (χ4n) is 2.92. The largest absolute Gasteiger partial charge is 0.354 e. The van der Waals surface area contributed by atoms with Crippen molar-refractivity contribution in [1.82, 2.24) is 5.32 Å². The van der Waals surface area contributed by atoms with Crippen LogP contribution in [-0.4, -0.2) is 33.2 Å². The maximum Gasteiger partial charge on any atom is 0.243 e. The molecule has 2 rings (SSSR count). The SMILES string of the molecule is CCC(C(=O)NCCc1ccccc1)N(c1cccc(C)c1)S(C)(=O)=O. The second kappa shape index (κ2) is 8.85. The molecule has 0 heterocycles. The Morgan fingerprint density at radius 1 is 1.12 bits per heavy atom. The van der Waals surface area contributed by atoms with E-state index in [0.29, 0.717) is 25.1 Å². The molecule has 1 atom stereocenters. The van der Waals surface area contributed by atoms with Crippen molar-refractivity contribution in [3.8, 4) is 0 Å².